The van der Waals surface area contributed by atoms with Crippen LogP contribution in [0.3, 0.4) is 0 Å². The number of nitro groups is 1. The second-order valence-electron chi connectivity index (χ2n) is 4.65. The summed E-state index contributed by atoms with van der Waals surface area (Å²) >= 11 is 5.84. The Balaban J connectivity index is 2.21. The fraction of sp³-hybridized carbons (Fsp3) is 0.462. The number of ether oxygens (including phenoxy) is 1. The largest absolute Gasteiger partial charge is 0.381 e. The van der Waals surface area contributed by atoms with Crippen LogP contribution in [0.15, 0.2) is 18.2 Å². The second kappa shape index (κ2) is 6.19. The molecule has 0 bridgehead atoms. The van der Waals surface area contributed by atoms with Crippen LogP contribution in [-0.4, -0.2) is 42.0 Å². The average molecular weight is 299 g/mol. The maximum atomic E-state index is 12.4. The first kappa shape index (κ1) is 14.7. The molecule has 1 heterocycles. The zero-order valence-electron chi connectivity index (χ0n) is 11.0. The van der Waals surface area contributed by atoms with E-state index in [4.69, 9.17) is 16.3 Å². The van der Waals surface area contributed by atoms with E-state index in [0.29, 0.717) is 18.1 Å². The molecule has 1 fully saturated rings. The summed E-state index contributed by atoms with van der Waals surface area (Å²) in [5, 5.41) is 11.3. The van der Waals surface area contributed by atoms with Crippen LogP contribution in [0.5, 0.6) is 0 Å². The lowest BCUT2D eigenvalue weighted by molar-refractivity contribution is -0.385. The van der Waals surface area contributed by atoms with E-state index in [9.17, 15) is 14.9 Å². The highest BCUT2D eigenvalue weighted by Crippen LogP contribution is 2.25. The number of nitro benzene ring substituents is 1. The quantitative estimate of drug-likeness (QED) is 0.635. The fourth-order valence-electron chi connectivity index (χ4n) is 2.30. The number of piperidine rings is 1. The maximum Gasteiger partial charge on any atom is 0.282 e. The van der Waals surface area contributed by atoms with Crippen LogP contribution in [0.25, 0.3) is 0 Å². The van der Waals surface area contributed by atoms with Crippen molar-refractivity contribution in [1.29, 1.82) is 0 Å². The lowest BCUT2D eigenvalue weighted by Crippen LogP contribution is -2.40. The molecule has 2 rings (SSSR count). The Morgan fingerprint density at radius 2 is 2.10 bits per heavy atom. The Kier molecular flexibility index (Phi) is 4.57. The van der Waals surface area contributed by atoms with E-state index in [0.717, 1.165) is 12.8 Å². The Bertz CT molecular complexity index is 527. The molecule has 0 radical (unpaired) electrons. The highest BCUT2D eigenvalue weighted by atomic mass is 35.5. The molecule has 0 aliphatic carbocycles. The Labute approximate surface area is 121 Å². The molecule has 1 aromatic rings. The normalized spacial score (nSPS) is 16.2. The summed E-state index contributed by atoms with van der Waals surface area (Å²) in [4.78, 5) is 24.4. The van der Waals surface area contributed by atoms with Crippen molar-refractivity contribution >= 4 is 23.2 Å². The van der Waals surface area contributed by atoms with Crippen molar-refractivity contribution in [2.24, 2.45) is 0 Å². The van der Waals surface area contributed by atoms with Gasteiger partial charge in [-0.15, -0.1) is 0 Å². The first-order chi connectivity index (χ1) is 9.52. The van der Waals surface area contributed by atoms with Gasteiger partial charge in [-0.2, -0.15) is 0 Å². The van der Waals surface area contributed by atoms with Crippen LogP contribution in [0, 0.1) is 10.1 Å². The van der Waals surface area contributed by atoms with Gasteiger partial charge in [-0.1, -0.05) is 11.6 Å². The van der Waals surface area contributed by atoms with Gasteiger partial charge in [0.05, 0.1) is 11.0 Å². The van der Waals surface area contributed by atoms with Gasteiger partial charge < -0.3 is 9.64 Å². The van der Waals surface area contributed by atoms with Crippen LogP contribution in [-0.2, 0) is 4.74 Å². The Morgan fingerprint density at radius 3 is 2.65 bits per heavy atom. The van der Waals surface area contributed by atoms with Gasteiger partial charge in [0.1, 0.15) is 5.56 Å². The molecule has 0 spiro atoms. The highest BCUT2D eigenvalue weighted by Gasteiger charge is 2.28. The van der Waals surface area contributed by atoms with Gasteiger partial charge in [0.2, 0.25) is 0 Å². The van der Waals surface area contributed by atoms with Gasteiger partial charge in [-0.3, -0.25) is 14.9 Å². The van der Waals surface area contributed by atoms with E-state index in [1.807, 2.05) is 0 Å². The Morgan fingerprint density at radius 1 is 1.45 bits per heavy atom. The highest BCUT2D eigenvalue weighted by molar-refractivity contribution is 6.31. The summed E-state index contributed by atoms with van der Waals surface area (Å²) in [5.41, 5.74) is -0.174. The first-order valence-corrected chi connectivity index (χ1v) is 6.66. The van der Waals surface area contributed by atoms with Gasteiger partial charge in [-0.25, -0.2) is 0 Å². The summed E-state index contributed by atoms with van der Waals surface area (Å²) in [6.45, 7) is 1.06. The number of nitrogens with zero attached hydrogens (tertiary/aromatic N) is 2. The molecular formula is C13H15ClN2O4. The molecule has 0 saturated carbocycles. The molecule has 7 heteroatoms. The summed E-state index contributed by atoms with van der Waals surface area (Å²) < 4.78 is 5.24. The van der Waals surface area contributed by atoms with Gasteiger partial charge in [0.25, 0.3) is 11.6 Å². The monoisotopic (exact) mass is 298 g/mol. The molecule has 1 amide bonds. The van der Waals surface area contributed by atoms with E-state index in [-0.39, 0.29) is 23.3 Å². The molecular weight excluding hydrogens is 284 g/mol. The number of carbonyl (C=O) groups is 1. The average Bonchev–Trinajstić information content (AvgIpc) is 2.46. The summed E-state index contributed by atoms with van der Waals surface area (Å²) in [5.74, 6) is -0.353. The number of amides is 1. The third kappa shape index (κ3) is 3.08. The number of hydrogen-bond donors (Lipinski definition) is 0. The smallest absolute Gasteiger partial charge is 0.282 e. The lowest BCUT2D eigenvalue weighted by Gasteiger charge is -2.31. The minimum absolute atomic E-state index is 0.0402. The topological polar surface area (TPSA) is 72.7 Å². The fourth-order valence-corrected chi connectivity index (χ4v) is 2.48. The molecule has 20 heavy (non-hydrogen) atoms. The molecule has 0 atom stereocenters. The van der Waals surface area contributed by atoms with Crippen molar-refractivity contribution in [3.05, 3.63) is 38.9 Å². The van der Waals surface area contributed by atoms with Crippen LogP contribution < -0.4 is 0 Å². The van der Waals surface area contributed by atoms with E-state index in [2.05, 4.69) is 0 Å². The van der Waals surface area contributed by atoms with Crippen LogP contribution in [0.2, 0.25) is 5.02 Å². The van der Waals surface area contributed by atoms with E-state index in [1.165, 1.54) is 18.2 Å². The van der Waals surface area contributed by atoms with Crippen molar-refractivity contribution < 1.29 is 14.5 Å². The van der Waals surface area contributed by atoms with Gasteiger partial charge in [0, 0.05) is 31.3 Å². The van der Waals surface area contributed by atoms with Crippen molar-refractivity contribution in [3.63, 3.8) is 0 Å². The van der Waals surface area contributed by atoms with E-state index in [1.54, 1.807) is 12.0 Å². The van der Waals surface area contributed by atoms with Gasteiger partial charge in [0.15, 0.2) is 0 Å². The minimum atomic E-state index is -0.564. The molecule has 6 nitrogen and oxygen atoms in total. The van der Waals surface area contributed by atoms with Crippen LogP contribution in [0.1, 0.15) is 23.2 Å². The SMILES string of the molecule is COC1CCN(C(=O)c2cc(Cl)ccc2[N+](=O)[O-])CC1. The maximum absolute atomic E-state index is 12.4. The van der Waals surface area contributed by atoms with Crippen molar-refractivity contribution in [2.45, 2.75) is 18.9 Å². The van der Waals surface area contributed by atoms with E-state index < -0.39 is 4.92 Å². The van der Waals surface area contributed by atoms with Gasteiger partial charge in [-0.05, 0) is 25.0 Å². The lowest BCUT2D eigenvalue weighted by atomic mass is 10.1. The van der Waals surface area contributed by atoms with Crippen molar-refractivity contribution in [2.75, 3.05) is 20.2 Å². The summed E-state index contributed by atoms with van der Waals surface area (Å²) in [7, 11) is 1.64. The zero-order valence-corrected chi connectivity index (χ0v) is 11.8. The predicted molar refractivity (Wildman–Crippen MR) is 74.0 cm³/mol. The number of hydrogen-bond acceptors (Lipinski definition) is 4. The van der Waals surface area contributed by atoms with Gasteiger partial charge >= 0.3 is 0 Å². The third-order valence-corrected chi connectivity index (χ3v) is 3.68. The first-order valence-electron chi connectivity index (χ1n) is 6.29. The number of methoxy groups -OCH3 is 1. The zero-order chi connectivity index (χ0) is 14.7. The molecule has 0 aromatic heterocycles. The third-order valence-electron chi connectivity index (χ3n) is 3.45. The summed E-state index contributed by atoms with van der Waals surface area (Å²) in [6, 6.07) is 4.02. The Hall–Kier alpha value is -1.66. The molecule has 1 aliphatic heterocycles. The van der Waals surface area contributed by atoms with Crippen molar-refractivity contribution in [3.8, 4) is 0 Å². The van der Waals surface area contributed by atoms with E-state index >= 15 is 0 Å². The number of carbonyl (C=O) groups excluding carboxylic acids is 1. The second-order valence-corrected chi connectivity index (χ2v) is 5.08. The molecule has 1 aromatic carbocycles. The predicted octanol–water partition coefficient (Wildman–Crippen LogP) is 2.50. The molecule has 0 N–H and O–H groups in total. The number of rotatable bonds is 3. The molecule has 1 saturated heterocycles. The number of benzene rings is 1. The van der Waals surface area contributed by atoms with Crippen LogP contribution in [0.4, 0.5) is 5.69 Å². The molecule has 108 valence electrons. The van der Waals surface area contributed by atoms with Crippen LogP contribution >= 0.6 is 11.6 Å². The summed E-state index contributed by atoms with van der Waals surface area (Å²) in [6.07, 6.45) is 1.61. The standard InChI is InChI=1S/C13H15ClN2O4/c1-20-10-4-6-15(7-5-10)13(17)11-8-9(14)2-3-12(11)16(18)19/h2-3,8,10H,4-7H2,1H3. The minimum Gasteiger partial charge on any atom is -0.381 e. The van der Waals surface area contributed by atoms with Crippen molar-refractivity contribution in [1.82, 2.24) is 4.90 Å². The number of halogens is 1. The molecule has 1 aliphatic rings. The number of likely N-dealkylation sites (tertiary alicyclic amines) is 1. The molecule has 0 unspecified atom stereocenters.